The standard InChI is InChI=1S/C13H23NS3/c15-13-14(10-11-16-17-13)9-5-4-8-12-6-2-1-3-7-12/h12H,1-11H2. The van der Waals surface area contributed by atoms with Crippen molar-refractivity contribution < 1.29 is 0 Å². The van der Waals surface area contributed by atoms with Gasteiger partial charge in [-0.15, -0.1) is 0 Å². The van der Waals surface area contributed by atoms with Crippen molar-refractivity contribution in [3.8, 4) is 0 Å². The van der Waals surface area contributed by atoms with Crippen LogP contribution in [0.2, 0.25) is 0 Å². The minimum atomic E-state index is 1.04. The molecule has 1 nitrogen and oxygen atoms in total. The second-order valence-corrected chi connectivity index (χ2v) is 8.21. The van der Waals surface area contributed by atoms with Crippen molar-refractivity contribution in [1.82, 2.24) is 4.90 Å². The van der Waals surface area contributed by atoms with Crippen LogP contribution in [0, 0.1) is 5.92 Å². The molecule has 1 heterocycles. The van der Waals surface area contributed by atoms with Crippen molar-refractivity contribution in [2.45, 2.75) is 51.4 Å². The average molecular weight is 290 g/mol. The van der Waals surface area contributed by atoms with Crippen molar-refractivity contribution in [2.75, 3.05) is 18.8 Å². The van der Waals surface area contributed by atoms with E-state index in [1.54, 1.807) is 10.8 Å². The number of thiocarbonyl (C=S) groups is 1. The molecule has 0 bridgehead atoms. The maximum absolute atomic E-state index is 5.37. The largest absolute Gasteiger partial charge is 0.356 e. The van der Waals surface area contributed by atoms with Crippen LogP contribution in [0.1, 0.15) is 51.4 Å². The average Bonchev–Trinajstić information content (AvgIpc) is 2.38. The van der Waals surface area contributed by atoms with Crippen molar-refractivity contribution >= 4 is 38.1 Å². The van der Waals surface area contributed by atoms with E-state index in [1.807, 2.05) is 10.8 Å². The number of unbranched alkanes of at least 4 members (excludes halogenated alkanes) is 1. The predicted molar refractivity (Wildman–Crippen MR) is 84.6 cm³/mol. The zero-order valence-electron chi connectivity index (χ0n) is 10.5. The fourth-order valence-corrected chi connectivity index (χ4v) is 5.27. The van der Waals surface area contributed by atoms with E-state index in [1.165, 1.54) is 70.2 Å². The third-order valence-electron chi connectivity index (χ3n) is 3.85. The van der Waals surface area contributed by atoms with Crippen LogP contribution in [-0.2, 0) is 0 Å². The van der Waals surface area contributed by atoms with Crippen LogP contribution in [0.15, 0.2) is 0 Å². The summed E-state index contributed by atoms with van der Waals surface area (Å²) in [6.07, 6.45) is 11.6. The lowest BCUT2D eigenvalue weighted by Crippen LogP contribution is -2.32. The van der Waals surface area contributed by atoms with Crippen LogP contribution in [0.4, 0.5) is 0 Å². The molecule has 0 unspecified atom stereocenters. The molecule has 0 amide bonds. The van der Waals surface area contributed by atoms with Crippen LogP contribution >= 0.6 is 33.8 Å². The van der Waals surface area contributed by atoms with Gasteiger partial charge in [0.1, 0.15) is 4.32 Å². The van der Waals surface area contributed by atoms with Gasteiger partial charge in [-0.2, -0.15) is 0 Å². The molecule has 0 aromatic carbocycles. The summed E-state index contributed by atoms with van der Waals surface area (Å²) in [6.45, 7) is 2.36. The fraction of sp³-hybridized carbons (Fsp3) is 0.923. The van der Waals surface area contributed by atoms with Crippen LogP contribution in [0.5, 0.6) is 0 Å². The molecule has 1 aliphatic carbocycles. The van der Waals surface area contributed by atoms with Crippen LogP contribution in [0.3, 0.4) is 0 Å². The van der Waals surface area contributed by atoms with Gasteiger partial charge in [-0.05, 0) is 23.1 Å². The van der Waals surface area contributed by atoms with Gasteiger partial charge < -0.3 is 4.90 Å². The maximum Gasteiger partial charge on any atom is 0.147 e. The summed E-state index contributed by atoms with van der Waals surface area (Å²) in [5, 5.41) is 0. The molecular weight excluding hydrogens is 266 g/mol. The minimum Gasteiger partial charge on any atom is -0.356 e. The number of rotatable bonds is 5. The Morgan fingerprint density at radius 2 is 2.00 bits per heavy atom. The highest BCUT2D eigenvalue weighted by molar-refractivity contribution is 8.83. The van der Waals surface area contributed by atoms with E-state index in [9.17, 15) is 0 Å². The lowest BCUT2D eigenvalue weighted by atomic mass is 9.86. The van der Waals surface area contributed by atoms with Crippen LogP contribution in [0.25, 0.3) is 0 Å². The Morgan fingerprint density at radius 3 is 2.76 bits per heavy atom. The summed E-state index contributed by atoms with van der Waals surface area (Å²) in [5.41, 5.74) is 0. The van der Waals surface area contributed by atoms with Crippen LogP contribution in [-0.4, -0.2) is 28.1 Å². The summed E-state index contributed by atoms with van der Waals surface area (Å²) in [5.74, 6) is 2.27. The molecule has 17 heavy (non-hydrogen) atoms. The minimum absolute atomic E-state index is 1.04. The number of hydrogen-bond acceptors (Lipinski definition) is 3. The van der Waals surface area contributed by atoms with Gasteiger partial charge in [-0.1, -0.05) is 68.0 Å². The molecule has 0 N–H and O–H groups in total. The van der Waals surface area contributed by atoms with Crippen LogP contribution < -0.4 is 0 Å². The van der Waals surface area contributed by atoms with E-state index in [2.05, 4.69) is 4.90 Å². The van der Waals surface area contributed by atoms with Gasteiger partial charge in [0, 0.05) is 18.8 Å². The molecule has 0 spiro atoms. The first kappa shape index (κ1) is 14.0. The van der Waals surface area contributed by atoms with E-state index in [0.29, 0.717) is 0 Å². The molecule has 0 aromatic heterocycles. The van der Waals surface area contributed by atoms with E-state index >= 15 is 0 Å². The van der Waals surface area contributed by atoms with E-state index in [0.717, 1.165) is 10.2 Å². The first-order valence-electron chi connectivity index (χ1n) is 6.94. The second kappa shape index (κ2) is 7.90. The van der Waals surface area contributed by atoms with Crippen molar-refractivity contribution in [2.24, 2.45) is 5.92 Å². The van der Waals surface area contributed by atoms with Gasteiger partial charge in [0.2, 0.25) is 0 Å². The summed E-state index contributed by atoms with van der Waals surface area (Å²) < 4.78 is 1.11. The number of nitrogens with zero attached hydrogens (tertiary/aromatic N) is 1. The lowest BCUT2D eigenvalue weighted by Gasteiger charge is -2.28. The summed E-state index contributed by atoms with van der Waals surface area (Å²) in [7, 11) is 3.69. The van der Waals surface area contributed by atoms with Crippen molar-refractivity contribution in [3.05, 3.63) is 0 Å². The first-order valence-corrected chi connectivity index (χ1v) is 9.67. The molecule has 98 valence electrons. The summed E-state index contributed by atoms with van der Waals surface area (Å²) in [4.78, 5) is 2.40. The van der Waals surface area contributed by atoms with E-state index < -0.39 is 0 Å². The van der Waals surface area contributed by atoms with Crippen molar-refractivity contribution in [1.29, 1.82) is 0 Å². The third-order valence-corrected chi connectivity index (χ3v) is 6.87. The molecule has 0 atom stereocenters. The Hall–Kier alpha value is 0.590. The summed E-state index contributed by atoms with van der Waals surface area (Å²) in [6, 6.07) is 0. The molecule has 1 saturated carbocycles. The maximum atomic E-state index is 5.37. The Bertz CT molecular complexity index is 239. The zero-order chi connectivity index (χ0) is 11.9. The smallest absolute Gasteiger partial charge is 0.147 e. The Kier molecular flexibility index (Phi) is 6.51. The lowest BCUT2D eigenvalue weighted by molar-refractivity contribution is 0.322. The topological polar surface area (TPSA) is 3.24 Å². The SMILES string of the molecule is S=C1SSCCN1CCCCC1CCCCC1. The highest BCUT2D eigenvalue weighted by Gasteiger charge is 2.16. The molecular formula is C13H23NS3. The van der Waals surface area contributed by atoms with Gasteiger partial charge >= 0.3 is 0 Å². The molecule has 2 aliphatic rings. The third kappa shape index (κ3) is 4.99. The molecule has 2 rings (SSSR count). The number of hydrogen-bond donors (Lipinski definition) is 0. The molecule has 1 aliphatic heterocycles. The first-order chi connectivity index (χ1) is 8.36. The Morgan fingerprint density at radius 1 is 1.18 bits per heavy atom. The van der Waals surface area contributed by atoms with Gasteiger partial charge in [-0.3, -0.25) is 0 Å². The fourth-order valence-electron chi connectivity index (χ4n) is 2.80. The monoisotopic (exact) mass is 289 g/mol. The molecule has 0 aromatic rings. The van der Waals surface area contributed by atoms with Crippen molar-refractivity contribution in [3.63, 3.8) is 0 Å². The zero-order valence-corrected chi connectivity index (χ0v) is 13.0. The quantitative estimate of drug-likeness (QED) is 0.409. The van der Waals surface area contributed by atoms with E-state index in [-0.39, 0.29) is 0 Å². The van der Waals surface area contributed by atoms with Gasteiger partial charge in [0.15, 0.2) is 0 Å². The highest BCUT2D eigenvalue weighted by Crippen LogP contribution is 2.30. The molecule has 2 fully saturated rings. The molecule has 0 radical (unpaired) electrons. The van der Waals surface area contributed by atoms with Gasteiger partial charge in [0.25, 0.3) is 0 Å². The Labute approximate surface area is 119 Å². The summed E-state index contributed by atoms with van der Waals surface area (Å²) >= 11 is 5.37. The highest BCUT2D eigenvalue weighted by atomic mass is 33.1. The molecule has 1 saturated heterocycles. The Balaban J connectivity index is 1.54. The van der Waals surface area contributed by atoms with Gasteiger partial charge in [0.05, 0.1) is 0 Å². The van der Waals surface area contributed by atoms with Gasteiger partial charge in [-0.25, -0.2) is 0 Å². The molecule has 4 heteroatoms. The predicted octanol–water partition coefficient (Wildman–Crippen LogP) is 4.72. The second-order valence-electron chi connectivity index (χ2n) is 5.16. The normalized spacial score (nSPS) is 23.1. The van der Waals surface area contributed by atoms with E-state index in [4.69, 9.17) is 12.2 Å².